The van der Waals surface area contributed by atoms with E-state index < -0.39 is 10.0 Å². The van der Waals surface area contributed by atoms with E-state index in [0.717, 1.165) is 14.4 Å². The summed E-state index contributed by atoms with van der Waals surface area (Å²) < 4.78 is 28.5. The number of carbonyl (C=O) groups excluding carboxylic acids is 1. The van der Waals surface area contributed by atoms with Crippen LogP contribution in [0.15, 0.2) is 80.8 Å². The lowest BCUT2D eigenvalue weighted by Crippen LogP contribution is -2.15. The van der Waals surface area contributed by atoms with Crippen molar-refractivity contribution in [3.8, 4) is 10.6 Å². The van der Waals surface area contributed by atoms with Gasteiger partial charge in [0.25, 0.3) is 15.9 Å². The van der Waals surface area contributed by atoms with Crippen LogP contribution >= 0.6 is 38.6 Å². The number of thiazole rings is 1. The third-order valence-electron chi connectivity index (χ3n) is 3.98. The number of benzene rings is 2. The van der Waals surface area contributed by atoms with Crippen LogP contribution in [-0.4, -0.2) is 19.3 Å². The molecule has 2 N–H and O–H groups in total. The Balaban J connectivity index is 1.49. The highest BCUT2D eigenvalue weighted by Crippen LogP contribution is 2.33. The van der Waals surface area contributed by atoms with Gasteiger partial charge in [0.05, 0.1) is 19.3 Å². The average molecular weight is 520 g/mol. The van der Waals surface area contributed by atoms with Crippen LogP contribution in [0.5, 0.6) is 0 Å². The molecule has 0 saturated heterocycles. The number of sulfonamides is 1. The summed E-state index contributed by atoms with van der Waals surface area (Å²) >= 11 is 6.31. The Morgan fingerprint density at radius 2 is 1.80 bits per heavy atom. The summed E-state index contributed by atoms with van der Waals surface area (Å²) in [6.07, 6.45) is 0. The van der Waals surface area contributed by atoms with Gasteiger partial charge in [-0.25, -0.2) is 13.4 Å². The molecule has 0 unspecified atom stereocenters. The second kappa shape index (κ2) is 8.68. The van der Waals surface area contributed by atoms with Gasteiger partial charge in [-0.3, -0.25) is 14.8 Å². The van der Waals surface area contributed by atoms with Gasteiger partial charge in [0, 0.05) is 16.6 Å². The van der Waals surface area contributed by atoms with Crippen molar-refractivity contribution in [1.29, 1.82) is 0 Å². The van der Waals surface area contributed by atoms with Gasteiger partial charge in [-0.05, 0) is 58.4 Å². The Morgan fingerprint density at radius 3 is 2.53 bits per heavy atom. The third kappa shape index (κ3) is 4.78. The fourth-order valence-electron chi connectivity index (χ4n) is 2.60. The third-order valence-corrected chi connectivity index (χ3v) is 7.78. The van der Waals surface area contributed by atoms with Gasteiger partial charge < -0.3 is 0 Å². The van der Waals surface area contributed by atoms with Crippen LogP contribution in [0.1, 0.15) is 10.4 Å². The molecule has 0 bridgehead atoms. The maximum Gasteiger partial charge on any atom is 0.261 e. The number of anilines is 2. The molecule has 6 nitrogen and oxygen atoms in total. The Hall–Kier alpha value is -2.53. The number of nitrogens with zero attached hydrogens (tertiary/aromatic N) is 1. The summed E-state index contributed by atoms with van der Waals surface area (Å²) in [4.78, 5) is 18.2. The van der Waals surface area contributed by atoms with Crippen LogP contribution < -0.4 is 10.0 Å². The van der Waals surface area contributed by atoms with Crippen molar-refractivity contribution in [1.82, 2.24) is 4.98 Å². The molecule has 0 aliphatic rings. The van der Waals surface area contributed by atoms with Crippen molar-refractivity contribution in [3.63, 3.8) is 0 Å². The van der Waals surface area contributed by atoms with Crippen LogP contribution in [0.4, 0.5) is 10.8 Å². The summed E-state index contributed by atoms with van der Waals surface area (Å²) in [6, 6.07) is 18.3. The van der Waals surface area contributed by atoms with Gasteiger partial charge in [-0.1, -0.05) is 24.3 Å². The summed E-state index contributed by atoms with van der Waals surface area (Å²) in [5.74, 6) is -0.371. The highest BCUT2D eigenvalue weighted by molar-refractivity contribution is 9.11. The number of aromatic nitrogens is 1. The molecule has 2 aromatic heterocycles. The first-order chi connectivity index (χ1) is 14.4. The molecule has 0 spiro atoms. The molecule has 2 aromatic carbocycles. The van der Waals surface area contributed by atoms with E-state index in [0.29, 0.717) is 16.4 Å². The van der Waals surface area contributed by atoms with Crippen molar-refractivity contribution < 1.29 is 13.2 Å². The van der Waals surface area contributed by atoms with E-state index >= 15 is 0 Å². The number of carbonyl (C=O) groups is 1. The van der Waals surface area contributed by atoms with Crippen molar-refractivity contribution in [3.05, 3.63) is 81.5 Å². The summed E-state index contributed by atoms with van der Waals surface area (Å²) in [5, 5.41) is 5.10. The number of hydrogen-bond donors (Lipinski definition) is 2. The van der Waals surface area contributed by atoms with Gasteiger partial charge >= 0.3 is 0 Å². The number of halogens is 1. The van der Waals surface area contributed by atoms with E-state index in [1.165, 1.54) is 29.5 Å². The predicted octanol–water partition coefficient (Wildman–Crippen LogP) is 5.69. The maximum atomic E-state index is 12.6. The molecule has 0 saturated carbocycles. The Kier molecular flexibility index (Phi) is 6.00. The van der Waals surface area contributed by atoms with E-state index in [1.54, 1.807) is 47.7 Å². The fraction of sp³-hybridized carbons (Fsp3) is 0. The molecule has 0 radical (unpaired) electrons. The summed E-state index contributed by atoms with van der Waals surface area (Å²) in [7, 11) is -3.73. The van der Waals surface area contributed by atoms with E-state index in [4.69, 9.17) is 0 Å². The first-order valence-electron chi connectivity index (χ1n) is 8.61. The van der Waals surface area contributed by atoms with Crippen LogP contribution in [0.2, 0.25) is 0 Å². The Bertz CT molecular complexity index is 1300. The van der Waals surface area contributed by atoms with E-state index in [2.05, 4.69) is 31.0 Å². The van der Waals surface area contributed by atoms with Gasteiger partial charge in [0.1, 0.15) is 0 Å². The van der Waals surface area contributed by atoms with Crippen molar-refractivity contribution >= 4 is 65.4 Å². The summed E-state index contributed by atoms with van der Waals surface area (Å²) in [6.45, 7) is 0. The number of rotatable bonds is 6. The highest BCUT2D eigenvalue weighted by Gasteiger charge is 2.15. The maximum absolute atomic E-state index is 12.6. The van der Waals surface area contributed by atoms with Gasteiger partial charge in [-0.15, -0.1) is 22.7 Å². The molecular formula is C20H14BrN3O3S3. The highest BCUT2D eigenvalue weighted by atomic mass is 79.9. The second-order valence-corrected chi connectivity index (χ2v) is 11.1. The molecule has 0 atom stereocenters. The predicted molar refractivity (Wildman–Crippen MR) is 125 cm³/mol. The molecule has 152 valence electrons. The average Bonchev–Trinajstić information content (AvgIpc) is 3.37. The van der Waals surface area contributed by atoms with E-state index in [1.807, 2.05) is 17.5 Å². The second-order valence-electron chi connectivity index (χ2n) is 6.10. The Morgan fingerprint density at radius 1 is 1.00 bits per heavy atom. The van der Waals surface area contributed by atoms with Crippen LogP contribution in [0.25, 0.3) is 10.6 Å². The first kappa shape index (κ1) is 20.7. The van der Waals surface area contributed by atoms with Gasteiger partial charge in [0.2, 0.25) is 0 Å². The molecule has 0 aliphatic carbocycles. The minimum absolute atomic E-state index is 0.149. The zero-order valence-electron chi connectivity index (χ0n) is 15.2. The van der Waals surface area contributed by atoms with Crippen LogP contribution in [0.3, 0.4) is 0 Å². The number of thiophene rings is 1. The molecule has 1 amide bonds. The van der Waals surface area contributed by atoms with Crippen molar-refractivity contribution in [2.45, 2.75) is 4.90 Å². The topological polar surface area (TPSA) is 88.2 Å². The van der Waals surface area contributed by atoms with E-state index in [-0.39, 0.29) is 10.8 Å². The molecule has 30 heavy (non-hydrogen) atoms. The monoisotopic (exact) mass is 519 g/mol. The fourth-order valence-corrected chi connectivity index (χ4v) is 5.80. The zero-order valence-corrected chi connectivity index (χ0v) is 19.2. The minimum Gasteiger partial charge on any atom is -0.298 e. The van der Waals surface area contributed by atoms with E-state index in [9.17, 15) is 13.2 Å². The van der Waals surface area contributed by atoms with Crippen LogP contribution in [0, 0.1) is 0 Å². The van der Waals surface area contributed by atoms with Crippen LogP contribution in [-0.2, 0) is 10.0 Å². The lowest BCUT2D eigenvalue weighted by Gasteiger charge is -2.09. The number of amides is 1. The normalized spacial score (nSPS) is 11.2. The molecular weight excluding hydrogens is 506 g/mol. The lowest BCUT2D eigenvalue weighted by molar-refractivity contribution is 0.102. The molecule has 4 rings (SSSR count). The quantitative estimate of drug-likeness (QED) is 0.342. The standard InChI is InChI=1S/C20H14BrN3O3S3/c21-18-10-9-17(29-18)16-12-28-20(22-16)23-19(25)13-5-4-6-14(11-13)24-30(26,27)15-7-2-1-3-8-15/h1-12,24H,(H,22,23,25). The van der Waals surface area contributed by atoms with Crippen molar-refractivity contribution in [2.24, 2.45) is 0 Å². The van der Waals surface area contributed by atoms with Gasteiger partial charge in [-0.2, -0.15) is 0 Å². The molecule has 4 aromatic rings. The number of hydrogen-bond acceptors (Lipinski definition) is 6. The lowest BCUT2D eigenvalue weighted by atomic mass is 10.2. The molecule has 10 heteroatoms. The minimum atomic E-state index is -3.73. The smallest absolute Gasteiger partial charge is 0.261 e. The Labute approximate surface area is 189 Å². The SMILES string of the molecule is O=C(Nc1nc(-c2ccc(Br)s2)cs1)c1cccc(NS(=O)(=O)c2ccccc2)c1. The van der Waals surface area contributed by atoms with Gasteiger partial charge in [0.15, 0.2) is 5.13 Å². The number of nitrogens with one attached hydrogen (secondary N) is 2. The molecule has 2 heterocycles. The largest absolute Gasteiger partial charge is 0.298 e. The first-order valence-corrected chi connectivity index (χ1v) is 12.6. The zero-order chi connectivity index (χ0) is 21.1. The summed E-state index contributed by atoms with van der Waals surface area (Å²) in [5.41, 5.74) is 1.41. The molecule has 0 aliphatic heterocycles. The van der Waals surface area contributed by atoms with Crippen molar-refractivity contribution in [2.75, 3.05) is 10.0 Å². The molecule has 0 fully saturated rings.